The molecule has 2 N–H and O–H groups in total. The fourth-order valence-electron chi connectivity index (χ4n) is 2.26. The molecule has 0 saturated heterocycles. The van der Waals surface area contributed by atoms with Crippen LogP contribution in [0.2, 0.25) is 0 Å². The first-order chi connectivity index (χ1) is 9.73. The van der Waals surface area contributed by atoms with Crippen molar-refractivity contribution in [3.05, 3.63) is 0 Å². The SMILES string of the molecule is CC(C)N(C(CC(F)(F)F)(CC(F)(F)F)C(F)(F)F)P(=O)(O)O. The van der Waals surface area contributed by atoms with E-state index >= 15 is 0 Å². The Labute approximate surface area is 124 Å². The van der Waals surface area contributed by atoms with Gasteiger partial charge in [-0.1, -0.05) is 0 Å². The number of hydrogen-bond donors (Lipinski definition) is 2. The maximum atomic E-state index is 13.2. The second-order valence-corrected chi connectivity index (χ2v) is 6.52. The number of rotatable bonds is 5. The predicted molar refractivity (Wildman–Crippen MR) is 59.1 cm³/mol. The lowest BCUT2D eigenvalue weighted by molar-refractivity contribution is -0.289. The van der Waals surface area contributed by atoms with E-state index in [2.05, 4.69) is 0 Å². The highest BCUT2D eigenvalue weighted by atomic mass is 31.2. The molecule has 0 aromatic carbocycles. The van der Waals surface area contributed by atoms with Gasteiger partial charge >= 0.3 is 26.3 Å². The van der Waals surface area contributed by atoms with Crippen LogP contribution in [0.15, 0.2) is 0 Å². The molecule has 4 nitrogen and oxygen atoms in total. The molecule has 0 unspecified atom stereocenters. The van der Waals surface area contributed by atoms with Gasteiger partial charge in [-0.3, -0.25) is 0 Å². The van der Waals surface area contributed by atoms with Gasteiger partial charge in [-0.2, -0.15) is 44.2 Å². The molecule has 0 rings (SSSR count). The summed E-state index contributed by atoms with van der Waals surface area (Å²) in [4.78, 5) is 17.9. The van der Waals surface area contributed by atoms with Gasteiger partial charge in [-0.15, -0.1) is 0 Å². The molecule has 0 aliphatic carbocycles. The monoisotopic (exact) mass is 385 g/mol. The van der Waals surface area contributed by atoms with Crippen molar-refractivity contribution in [3.8, 4) is 0 Å². The summed E-state index contributed by atoms with van der Waals surface area (Å²) in [5.41, 5.74) is -4.85. The molecular formula is C9H13F9NO3P. The van der Waals surface area contributed by atoms with Crippen LogP contribution in [0.1, 0.15) is 26.7 Å². The van der Waals surface area contributed by atoms with E-state index in [0.29, 0.717) is 13.8 Å². The second kappa shape index (κ2) is 6.41. The van der Waals surface area contributed by atoms with Crippen LogP contribution in [0.4, 0.5) is 39.5 Å². The Balaban J connectivity index is 6.58. The molecule has 0 heterocycles. The van der Waals surface area contributed by atoms with Crippen molar-refractivity contribution in [3.63, 3.8) is 0 Å². The minimum Gasteiger partial charge on any atom is -0.312 e. The van der Waals surface area contributed by atoms with E-state index in [1.165, 1.54) is 0 Å². The number of hydrogen-bond acceptors (Lipinski definition) is 1. The molecule has 0 aromatic heterocycles. The Kier molecular flexibility index (Phi) is 6.27. The van der Waals surface area contributed by atoms with E-state index in [1.54, 1.807) is 0 Å². The van der Waals surface area contributed by atoms with Gasteiger partial charge in [0, 0.05) is 6.04 Å². The number of alkyl halides is 9. The molecule has 0 fully saturated rings. The molecule has 0 aliphatic heterocycles. The van der Waals surface area contributed by atoms with Gasteiger partial charge in [0.1, 0.15) is 5.54 Å². The molecule has 140 valence electrons. The third kappa shape index (κ3) is 6.12. The first-order valence-corrected chi connectivity index (χ1v) is 7.35. The van der Waals surface area contributed by atoms with E-state index in [4.69, 9.17) is 9.79 Å². The first kappa shape index (κ1) is 22.5. The van der Waals surface area contributed by atoms with E-state index in [9.17, 15) is 44.1 Å². The summed E-state index contributed by atoms with van der Waals surface area (Å²) >= 11 is 0. The van der Waals surface area contributed by atoms with Crippen molar-refractivity contribution >= 4 is 7.75 Å². The Hall–Kier alpha value is -0.520. The molecule has 0 saturated carbocycles. The molecule has 0 aromatic rings. The highest BCUT2D eigenvalue weighted by molar-refractivity contribution is 7.49. The van der Waals surface area contributed by atoms with Crippen LogP contribution < -0.4 is 0 Å². The van der Waals surface area contributed by atoms with Crippen LogP contribution in [-0.2, 0) is 4.57 Å². The van der Waals surface area contributed by atoms with Crippen molar-refractivity contribution in [1.29, 1.82) is 0 Å². The Bertz CT molecular complexity index is 435. The standard InChI is InChI=1S/C9H13F9NO3P/c1-5(2)19(23(20,21)22)6(9(16,17)18,3-7(10,11)12)4-8(13,14)15/h5H,3-4H2,1-2H3,(H2,20,21,22). The summed E-state index contributed by atoms with van der Waals surface area (Å²) in [5.74, 6) is 0. The average molecular weight is 385 g/mol. The summed E-state index contributed by atoms with van der Waals surface area (Å²) in [6.07, 6.45) is -24.0. The summed E-state index contributed by atoms with van der Waals surface area (Å²) in [5, 5.41) is 0. The van der Waals surface area contributed by atoms with Crippen LogP contribution in [0.5, 0.6) is 0 Å². The zero-order valence-electron chi connectivity index (χ0n) is 11.6. The lowest BCUT2D eigenvalue weighted by Gasteiger charge is -2.47. The van der Waals surface area contributed by atoms with Gasteiger partial charge in [0.05, 0.1) is 12.8 Å². The highest BCUT2D eigenvalue weighted by Gasteiger charge is 2.69. The third-order valence-corrected chi connectivity index (χ3v) is 4.13. The summed E-state index contributed by atoms with van der Waals surface area (Å²) in [6.45, 7) is 1.29. The van der Waals surface area contributed by atoms with Gasteiger partial charge in [-0.05, 0) is 13.8 Å². The van der Waals surface area contributed by atoms with Crippen LogP contribution in [0.3, 0.4) is 0 Å². The summed E-state index contributed by atoms with van der Waals surface area (Å²) in [7, 11) is -6.11. The Morgan fingerprint density at radius 1 is 0.870 bits per heavy atom. The first-order valence-electron chi connectivity index (χ1n) is 5.78. The Morgan fingerprint density at radius 2 is 1.17 bits per heavy atom. The van der Waals surface area contributed by atoms with Crippen LogP contribution in [0.25, 0.3) is 0 Å². The lowest BCUT2D eigenvalue weighted by Crippen LogP contribution is -2.63. The molecule has 0 atom stereocenters. The second-order valence-electron chi connectivity index (χ2n) is 5.06. The van der Waals surface area contributed by atoms with Crippen LogP contribution in [0, 0.1) is 0 Å². The highest BCUT2D eigenvalue weighted by Crippen LogP contribution is 2.58. The van der Waals surface area contributed by atoms with Gasteiger partial charge in [0.25, 0.3) is 0 Å². The quantitative estimate of drug-likeness (QED) is 0.555. The van der Waals surface area contributed by atoms with Crippen molar-refractivity contribution in [1.82, 2.24) is 4.67 Å². The smallest absolute Gasteiger partial charge is 0.312 e. The summed E-state index contributed by atoms with van der Waals surface area (Å²) < 4.78 is 125. The van der Waals surface area contributed by atoms with Crippen molar-refractivity contribution in [2.45, 2.75) is 56.8 Å². The number of halogens is 9. The normalized spacial score (nSPS) is 15.6. The van der Waals surface area contributed by atoms with Crippen molar-refractivity contribution in [2.75, 3.05) is 0 Å². The molecule has 23 heavy (non-hydrogen) atoms. The predicted octanol–water partition coefficient (Wildman–Crippen LogP) is 4.00. The van der Waals surface area contributed by atoms with E-state index in [1.807, 2.05) is 0 Å². The molecular weight excluding hydrogens is 372 g/mol. The molecule has 14 heteroatoms. The van der Waals surface area contributed by atoms with Crippen LogP contribution >= 0.6 is 7.75 Å². The average Bonchev–Trinajstić information content (AvgIpc) is 2.04. The molecule has 0 amide bonds. The minimum atomic E-state index is -6.22. The fraction of sp³-hybridized carbons (Fsp3) is 1.00. The topological polar surface area (TPSA) is 60.8 Å². The molecule has 0 bridgehead atoms. The van der Waals surface area contributed by atoms with E-state index < -0.39 is 55.4 Å². The van der Waals surface area contributed by atoms with Gasteiger partial charge in [0.2, 0.25) is 0 Å². The van der Waals surface area contributed by atoms with Gasteiger partial charge in [-0.25, -0.2) is 4.57 Å². The number of nitrogens with zero attached hydrogens (tertiary/aromatic N) is 1. The van der Waals surface area contributed by atoms with E-state index in [0.717, 1.165) is 0 Å². The summed E-state index contributed by atoms with van der Waals surface area (Å²) in [6, 6.07) is -1.96. The van der Waals surface area contributed by atoms with Gasteiger partial charge in [0.15, 0.2) is 0 Å². The Morgan fingerprint density at radius 3 is 1.30 bits per heavy atom. The fourth-order valence-corrected chi connectivity index (χ4v) is 3.62. The van der Waals surface area contributed by atoms with Crippen molar-refractivity contribution in [2.24, 2.45) is 0 Å². The zero-order valence-corrected chi connectivity index (χ0v) is 12.5. The molecule has 0 radical (unpaired) electrons. The maximum Gasteiger partial charge on any atom is 0.408 e. The van der Waals surface area contributed by atoms with Crippen molar-refractivity contribution < 1.29 is 53.9 Å². The zero-order chi connectivity index (χ0) is 19.1. The molecule has 0 aliphatic rings. The maximum absolute atomic E-state index is 13.2. The largest absolute Gasteiger partial charge is 0.408 e. The molecule has 0 spiro atoms. The lowest BCUT2D eigenvalue weighted by atomic mass is 9.88. The van der Waals surface area contributed by atoms with Crippen LogP contribution in [-0.4, -0.2) is 44.6 Å². The van der Waals surface area contributed by atoms with Gasteiger partial charge < -0.3 is 9.79 Å². The minimum absolute atomic E-state index is 0.645. The third-order valence-electron chi connectivity index (χ3n) is 2.72. The van der Waals surface area contributed by atoms with E-state index in [-0.39, 0.29) is 0 Å².